The molecule has 0 atom stereocenters. The standard InChI is InChI=1S/C23H29N3O3S/c1-3-29-23(28)9-10-25(13-17-4-5-17)14-22(27)26-11-8-19-12-18(6-7-21(19)26)20-15-30-16(2)24-20/h6-7,12,15,17H,3-5,8-11,13-14H2,1-2H3. The van der Waals surface area contributed by atoms with Gasteiger partial charge in [-0.05, 0) is 56.7 Å². The Morgan fingerprint density at radius 2 is 2.17 bits per heavy atom. The van der Waals surface area contributed by atoms with Crippen LogP contribution in [0.25, 0.3) is 11.3 Å². The van der Waals surface area contributed by atoms with Gasteiger partial charge in [-0.2, -0.15) is 0 Å². The first kappa shape index (κ1) is 21.0. The van der Waals surface area contributed by atoms with Gasteiger partial charge in [0.1, 0.15) is 0 Å². The molecule has 1 aliphatic carbocycles. The number of hydrogen-bond acceptors (Lipinski definition) is 6. The maximum absolute atomic E-state index is 13.1. The highest BCUT2D eigenvalue weighted by molar-refractivity contribution is 7.09. The van der Waals surface area contributed by atoms with Crippen LogP contribution in [-0.4, -0.2) is 54.5 Å². The second-order valence-electron chi connectivity index (χ2n) is 8.12. The highest BCUT2D eigenvalue weighted by atomic mass is 32.1. The van der Waals surface area contributed by atoms with Crippen LogP contribution in [0.4, 0.5) is 5.69 Å². The fraction of sp³-hybridized carbons (Fsp3) is 0.522. The summed E-state index contributed by atoms with van der Waals surface area (Å²) in [6, 6.07) is 6.27. The van der Waals surface area contributed by atoms with E-state index in [2.05, 4.69) is 27.4 Å². The number of benzene rings is 1. The summed E-state index contributed by atoms with van der Waals surface area (Å²) in [7, 11) is 0. The van der Waals surface area contributed by atoms with Crippen molar-refractivity contribution in [2.45, 2.75) is 39.5 Å². The van der Waals surface area contributed by atoms with Gasteiger partial charge in [0, 0.05) is 36.3 Å². The number of anilines is 1. The molecule has 0 unspecified atom stereocenters. The van der Waals surface area contributed by atoms with Crippen molar-refractivity contribution in [1.29, 1.82) is 0 Å². The summed E-state index contributed by atoms with van der Waals surface area (Å²) in [5.74, 6) is 0.576. The van der Waals surface area contributed by atoms with Crippen molar-refractivity contribution in [3.63, 3.8) is 0 Å². The molecule has 2 heterocycles. The van der Waals surface area contributed by atoms with Crippen molar-refractivity contribution in [3.8, 4) is 11.3 Å². The van der Waals surface area contributed by atoms with Crippen molar-refractivity contribution in [2.75, 3.05) is 37.7 Å². The van der Waals surface area contributed by atoms with E-state index in [-0.39, 0.29) is 11.9 Å². The quantitative estimate of drug-likeness (QED) is 0.572. The maximum atomic E-state index is 13.1. The van der Waals surface area contributed by atoms with Crippen LogP contribution in [0.2, 0.25) is 0 Å². The first-order valence-corrected chi connectivity index (χ1v) is 11.6. The molecule has 6 nitrogen and oxygen atoms in total. The van der Waals surface area contributed by atoms with Crippen LogP contribution in [0.1, 0.15) is 36.8 Å². The number of amides is 1. The van der Waals surface area contributed by atoms with Gasteiger partial charge in [-0.1, -0.05) is 6.07 Å². The zero-order valence-corrected chi connectivity index (χ0v) is 18.5. The smallest absolute Gasteiger partial charge is 0.307 e. The van der Waals surface area contributed by atoms with Crippen LogP contribution in [0.3, 0.4) is 0 Å². The van der Waals surface area contributed by atoms with Crippen LogP contribution >= 0.6 is 11.3 Å². The highest BCUT2D eigenvalue weighted by Gasteiger charge is 2.29. The first-order chi connectivity index (χ1) is 14.5. The average molecular weight is 428 g/mol. The lowest BCUT2D eigenvalue weighted by Crippen LogP contribution is -2.41. The van der Waals surface area contributed by atoms with E-state index in [1.807, 2.05) is 24.8 Å². The molecular weight excluding hydrogens is 398 g/mol. The lowest BCUT2D eigenvalue weighted by atomic mass is 10.1. The molecule has 160 valence electrons. The summed E-state index contributed by atoms with van der Waals surface area (Å²) in [6.45, 7) is 6.74. The van der Waals surface area contributed by atoms with Gasteiger partial charge in [0.2, 0.25) is 5.91 Å². The predicted molar refractivity (Wildman–Crippen MR) is 119 cm³/mol. The summed E-state index contributed by atoms with van der Waals surface area (Å²) in [4.78, 5) is 33.5. The Balaban J connectivity index is 1.41. The Hall–Kier alpha value is -2.25. The summed E-state index contributed by atoms with van der Waals surface area (Å²) in [6.07, 6.45) is 3.63. The Bertz CT molecular complexity index is 922. The predicted octanol–water partition coefficient (Wildman–Crippen LogP) is 3.67. The lowest BCUT2D eigenvalue weighted by Gasteiger charge is -2.25. The molecule has 0 bridgehead atoms. The Labute approximate surface area is 181 Å². The van der Waals surface area contributed by atoms with Gasteiger partial charge in [0.25, 0.3) is 0 Å². The van der Waals surface area contributed by atoms with Gasteiger partial charge < -0.3 is 9.64 Å². The number of fused-ring (bicyclic) bond motifs is 1. The van der Waals surface area contributed by atoms with Crippen LogP contribution in [-0.2, 0) is 20.7 Å². The number of carbonyl (C=O) groups is 2. The minimum atomic E-state index is -0.193. The van der Waals surface area contributed by atoms with Crippen molar-refractivity contribution in [1.82, 2.24) is 9.88 Å². The Morgan fingerprint density at radius 1 is 1.33 bits per heavy atom. The summed E-state index contributed by atoms with van der Waals surface area (Å²) in [5.41, 5.74) is 4.32. The highest BCUT2D eigenvalue weighted by Crippen LogP contribution is 2.33. The molecule has 1 aromatic heterocycles. The van der Waals surface area contributed by atoms with Gasteiger partial charge >= 0.3 is 5.97 Å². The maximum Gasteiger partial charge on any atom is 0.307 e. The molecule has 1 saturated carbocycles. The third-order valence-electron chi connectivity index (χ3n) is 5.70. The molecule has 0 N–H and O–H groups in total. The molecule has 1 amide bonds. The number of esters is 1. The van der Waals surface area contributed by atoms with Crippen molar-refractivity contribution < 1.29 is 14.3 Å². The Morgan fingerprint density at radius 3 is 2.87 bits per heavy atom. The van der Waals surface area contributed by atoms with Crippen LogP contribution in [0.15, 0.2) is 23.6 Å². The molecule has 4 rings (SSSR count). The van der Waals surface area contributed by atoms with E-state index in [9.17, 15) is 9.59 Å². The van der Waals surface area contributed by atoms with Crippen LogP contribution < -0.4 is 4.90 Å². The largest absolute Gasteiger partial charge is 0.466 e. The van der Waals surface area contributed by atoms with E-state index < -0.39 is 0 Å². The van der Waals surface area contributed by atoms with Gasteiger partial charge in [0.15, 0.2) is 0 Å². The van der Waals surface area contributed by atoms with Crippen molar-refractivity contribution >= 4 is 28.9 Å². The van der Waals surface area contributed by atoms with Gasteiger partial charge in [-0.15, -0.1) is 11.3 Å². The molecule has 2 aliphatic rings. The number of aromatic nitrogens is 1. The lowest BCUT2D eigenvalue weighted by molar-refractivity contribution is -0.143. The summed E-state index contributed by atoms with van der Waals surface area (Å²) < 4.78 is 5.05. The molecule has 30 heavy (non-hydrogen) atoms. The third kappa shape index (κ3) is 5.08. The minimum Gasteiger partial charge on any atom is -0.466 e. The normalized spacial score (nSPS) is 15.5. The van der Waals surface area contributed by atoms with Crippen LogP contribution in [0, 0.1) is 12.8 Å². The van der Waals surface area contributed by atoms with Gasteiger partial charge in [-0.25, -0.2) is 4.98 Å². The number of ether oxygens (including phenoxy) is 1. The first-order valence-electron chi connectivity index (χ1n) is 10.8. The number of carbonyl (C=O) groups excluding carboxylic acids is 2. The zero-order valence-electron chi connectivity index (χ0n) is 17.7. The zero-order chi connectivity index (χ0) is 21.1. The number of aryl methyl sites for hydroxylation is 1. The fourth-order valence-corrected chi connectivity index (χ4v) is 4.60. The van der Waals surface area contributed by atoms with E-state index in [1.165, 1.54) is 18.4 Å². The molecule has 7 heteroatoms. The van der Waals surface area contributed by atoms with E-state index >= 15 is 0 Å². The van der Waals surface area contributed by atoms with E-state index in [0.717, 1.165) is 34.9 Å². The Kier molecular flexibility index (Phi) is 6.49. The number of rotatable bonds is 9. The fourth-order valence-electron chi connectivity index (χ4n) is 3.98. The second-order valence-corrected chi connectivity index (χ2v) is 9.19. The van der Waals surface area contributed by atoms with E-state index in [1.54, 1.807) is 11.3 Å². The van der Waals surface area contributed by atoms with Crippen LogP contribution in [0.5, 0.6) is 0 Å². The van der Waals surface area contributed by atoms with Crippen molar-refractivity contribution in [2.24, 2.45) is 5.92 Å². The minimum absolute atomic E-state index is 0.107. The molecule has 1 aliphatic heterocycles. The monoisotopic (exact) mass is 427 g/mol. The second kappa shape index (κ2) is 9.27. The number of hydrogen-bond donors (Lipinski definition) is 0. The molecule has 2 aromatic rings. The average Bonchev–Trinajstić information content (AvgIpc) is 3.26. The van der Waals surface area contributed by atoms with Crippen molar-refractivity contribution in [3.05, 3.63) is 34.2 Å². The number of thiazole rings is 1. The summed E-state index contributed by atoms with van der Waals surface area (Å²) in [5, 5.41) is 3.13. The van der Waals surface area contributed by atoms with Gasteiger partial charge in [0.05, 0.1) is 30.3 Å². The topological polar surface area (TPSA) is 62.7 Å². The SMILES string of the molecule is CCOC(=O)CCN(CC(=O)N1CCc2cc(-c3csc(C)n3)ccc21)CC1CC1. The van der Waals surface area contributed by atoms with E-state index in [0.29, 0.717) is 38.6 Å². The molecule has 0 saturated heterocycles. The van der Waals surface area contributed by atoms with Gasteiger partial charge in [-0.3, -0.25) is 14.5 Å². The molecule has 0 spiro atoms. The molecular formula is C23H29N3O3S. The summed E-state index contributed by atoms with van der Waals surface area (Å²) >= 11 is 1.65. The molecule has 1 aromatic carbocycles. The molecule has 1 fully saturated rings. The number of nitrogens with zero attached hydrogens (tertiary/aromatic N) is 3. The van der Waals surface area contributed by atoms with E-state index in [4.69, 9.17) is 4.74 Å². The molecule has 0 radical (unpaired) electrons. The third-order valence-corrected chi connectivity index (χ3v) is 6.47.